The number of hydrogen-bond donors (Lipinski definition) is 0. The van der Waals surface area contributed by atoms with Crippen molar-refractivity contribution in [1.29, 1.82) is 0 Å². The molecule has 0 heterocycles. The molecule has 0 aliphatic rings. The van der Waals surface area contributed by atoms with Gasteiger partial charge in [0.25, 0.3) is 0 Å². The fourth-order valence-corrected chi connectivity index (χ4v) is 2.73. The third-order valence-corrected chi connectivity index (χ3v) is 3.54. The Bertz CT molecular complexity index is 589. The lowest BCUT2D eigenvalue weighted by Crippen LogP contribution is -2.01. The normalized spacial score (nSPS) is 10.8. The first-order valence-corrected chi connectivity index (χ1v) is 6.64. The van der Waals surface area contributed by atoms with Crippen molar-refractivity contribution >= 4 is 6.29 Å². The van der Waals surface area contributed by atoms with Crippen LogP contribution in [0.5, 0.6) is 0 Å². The maximum Gasteiger partial charge on any atom is 0.233 e. The third kappa shape index (κ3) is 2.46. The molecule has 2 rings (SSSR count). The SMILES string of the molecule is Cc1cccc(C)c1-c1cccc([C]=O)c1C(C)C. The van der Waals surface area contributed by atoms with E-state index in [2.05, 4.69) is 58.2 Å². The molecule has 1 heteroatoms. The number of aryl methyl sites for hydroxylation is 2. The lowest BCUT2D eigenvalue weighted by atomic mass is 9.85. The van der Waals surface area contributed by atoms with Gasteiger partial charge in [-0.1, -0.05) is 50.2 Å². The zero-order chi connectivity index (χ0) is 14.0. The van der Waals surface area contributed by atoms with Crippen LogP contribution in [0.25, 0.3) is 11.1 Å². The van der Waals surface area contributed by atoms with E-state index < -0.39 is 0 Å². The van der Waals surface area contributed by atoms with Gasteiger partial charge in [-0.3, -0.25) is 4.79 Å². The maximum atomic E-state index is 11.2. The lowest BCUT2D eigenvalue weighted by molar-refractivity contribution is 0.562. The van der Waals surface area contributed by atoms with Crippen LogP contribution in [0.1, 0.15) is 42.0 Å². The van der Waals surface area contributed by atoms with Crippen molar-refractivity contribution in [3.8, 4) is 11.1 Å². The molecule has 0 aromatic heterocycles. The van der Waals surface area contributed by atoms with Crippen LogP contribution >= 0.6 is 0 Å². The van der Waals surface area contributed by atoms with Crippen molar-refractivity contribution in [2.24, 2.45) is 0 Å². The van der Waals surface area contributed by atoms with E-state index in [-0.39, 0.29) is 0 Å². The fraction of sp³-hybridized carbons (Fsp3) is 0.278. The smallest absolute Gasteiger partial charge is 0.233 e. The molecule has 2 aromatic carbocycles. The van der Waals surface area contributed by atoms with Gasteiger partial charge in [0.1, 0.15) is 0 Å². The summed E-state index contributed by atoms with van der Waals surface area (Å²) in [4.78, 5) is 11.2. The highest BCUT2D eigenvalue weighted by atomic mass is 16.1. The molecule has 19 heavy (non-hydrogen) atoms. The Morgan fingerprint density at radius 1 is 0.947 bits per heavy atom. The Labute approximate surface area is 115 Å². The first-order chi connectivity index (χ1) is 9.06. The molecule has 1 radical (unpaired) electrons. The second kappa shape index (κ2) is 5.40. The van der Waals surface area contributed by atoms with Crippen LogP contribution in [0, 0.1) is 13.8 Å². The summed E-state index contributed by atoms with van der Waals surface area (Å²) in [6.07, 6.45) is 2.08. The van der Waals surface area contributed by atoms with Crippen LogP contribution in [0.3, 0.4) is 0 Å². The molecule has 1 nitrogen and oxygen atoms in total. The van der Waals surface area contributed by atoms with Gasteiger partial charge in [0.2, 0.25) is 6.29 Å². The average molecular weight is 251 g/mol. The second-order valence-electron chi connectivity index (χ2n) is 5.29. The van der Waals surface area contributed by atoms with Gasteiger partial charge >= 0.3 is 0 Å². The fourth-order valence-electron chi connectivity index (χ4n) is 2.73. The molecule has 0 saturated heterocycles. The van der Waals surface area contributed by atoms with E-state index in [1.807, 2.05) is 12.1 Å². The molecule has 0 fully saturated rings. The highest BCUT2D eigenvalue weighted by molar-refractivity contribution is 5.85. The Balaban J connectivity index is 2.79. The van der Waals surface area contributed by atoms with Crippen LogP contribution in [0.4, 0.5) is 0 Å². The van der Waals surface area contributed by atoms with E-state index in [9.17, 15) is 4.79 Å². The molecular formula is C18H19O. The van der Waals surface area contributed by atoms with Crippen LogP contribution in [-0.4, -0.2) is 6.29 Å². The van der Waals surface area contributed by atoms with Crippen molar-refractivity contribution in [2.45, 2.75) is 33.6 Å². The Hall–Kier alpha value is -1.89. The zero-order valence-electron chi connectivity index (χ0n) is 11.9. The van der Waals surface area contributed by atoms with Crippen molar-refractivity contribution in [2.75, 3.05) is 0 Å². The summed E-state index contributed by atoms with van der Waals surface area (Å²) in [6.45, 7) is 8.47. The molecule has 2 aromatic rings. The summed E-state index contributed by atoms with van der Waals surface area (Å²) in [6, 6.07) is 12.2. The van der Waals surface area contributed by atoms with Crippen LogP contribution < -0.4 is 0 Å². The summed E-state index contributed by atoms with van der Waals surface area (Å²) < 4.78 is 0. The minimum atomic E-state index is 0.298. The van der Waals surface area contributed by atoms with Crippen molar-refractivity contribution < 1.29 is 4.79 Å². The third-order valence-electron chi connectivity index (χ3n) is 3.54. The van der Waals surface area contributed by atoms with Gasteiger partial charge in [0.05, 0.1) is 0 Å². The van der Waals surface area contributed by atoms with E-state index in [0.29, 0.717) is 11.5 Å². The molecule has 0 atom stereocenters. The molecule has 0 unspecified atom stereocenters. The molecule has 0 saturated carbocycles. The molecule has 0 spiro atoms. The number of benzene rings is 2. The number of rotatable bonds is 3. The average Bonchev–Trinajstić information content (AvgIpc) is 2.37. The van der Waals surface area contributed by atoms with Gasteiger partial charge in [0, 0.05) is 5.56 Å². The van der Waals surface area contributed by atoms with E-state index in [4.69, 9.17) is 0 Å². The summed E-state index contributed by atoms with van der Waals surface area (Å²) in [5, 5.41) is 0. The Morgan fingerprint density at radius 2 is 1.53 bits per heavy atom. The molecule has 0 bridgehead atoms. The van der Waals surface area contributed by atoms with Gasteiger partial charge in [-0.2, -0.15) is 0 Å². The standard InChI is InChI=1S/C18H19O/c1-12(2)17-15(11-19)9-6-10-16(17)18-13(3)7-5-8-14(18)4/h5-10,12H,1-4H3. The maximum absolute atomic E-state index is 11.2. The minimum absolute atomic E-state index is 0.298. The van der Waals surface area contributed by atoms with Gasteiger partial charge in [0.15, 0.2) is 0 Å². The predicted molar refractivity (Wildman–Crippen MR) is 80.2 cm³/mol. The monoisotopic (exact) mass is 251 g/mol. The van der Waals surface area contributed by atoms with Crippen molar-refractivity contribution in [1.82, 2.24) is 0 Å². The molecule has 0 aliphatic heterocycles. The van der Waals surface area contributed by atoms with Gasteiger partial charge in [-0.15, -0.1) is 0 Å². The highest BCUT2D eigenvalue weighted by Gasteiger charge is 2.16. The van der Waals surface area contributed by atoms with E-state index in [0.717, 1.165) is 11.1 Å². The van der Waals surface area contributed by atoms with Crippen molar-refractivity contribution in [3.05, 3.63) is 58.7 Å². The summed E-state index contributed by atoms with van der Waals surface area (Å²) in [7, 11) is 0. The van der Waals surface area contributed by atoms with E-state index >= 15 is 0 Å². The molecule has 97 valence electrons. The van der Waals surface area contributed by atoms with E-state index in [1.165, 1.54) is 16.7 Å². The largest absolute Gasteiger partial charge is 0.285 e. The summed E-state index contributed by atoms with van der Waals surface area (Å²) in [5.41, 5.74) is 6.65. The summed E-state index contributed by atoms with van der Waals surface area (Å²) in [5.74, 6) is 0.298. The van der Waals surface area contributed by atoms with Gasteiger partial charge in [-0.25, -0.2) is 0 Å². The quantitative estimate of drug-likeness (QED) is 0.782. The van der Waals surface area contributed by atoms with E-state index in [1.54, 1.807) is 0 Å². The highest BCUT2D eigenvalue weighted by Crippen LogP contribution is 2.35. The molecular weight excluding hydrogens is 232 g/mol. The Morgan fingerprint density at radius 3 is 2.05 bits per heavy atom. The summed E-state index contributed by atoms with van der Waals surface area (Å²) >= 11 is 0. The predicted octanol–water partition coefficient (Wildman–Crippen LogP) is 4.55. The number of hydrogen-bond acceptors (Lipinski definition) is 1. The van der Waals surface area contributed by atoms with Crippen LogP contribution in [0.2, 0.25) is 0 Å². The Kier molecular flexibility index (Phi) is 3.84. The van der Waals surface area contributed by atoms with Crippen molar-refractivity contribution in [3.63, 3.8) is 0 Å². The van der Waals surface area contributed by atoms with Crippen LogP contribution in [-0.2, 0) is 4.79 Å². The number of carbonyl (C=O) groups excluding carboxylic acids is 1. The first-order valence-electron chi connectivity index (χ1n) is 6.64. The van der Waals surface area contributed by atoms with Gasteiger partial charge in [-0.05, 0) is 47.6 Å². The molecule has 0 amide bonds. The topological polar surface area (TPSA) is 17.1 Å². The first kappa shape index (κ1) is 13.5. The zero-order valence-corrected chi connectivity index (χ0v) is 11.9. The molecule has 0 N–H and O–H groups in total. The molecule has 0 aliphatic carbocycles. The van der Waals surface area contributed by atoms with Crippen LogP contribution in [0.15, 0.2) is 36.4 Å². The minimum Gasteiger partial charge on any atom is -0.285 e. The lowest BCUT2D eigenvalue weighted by Gasteiger charge is -2.18. The van der Waals surface area contributed by atoms with Gasteiger partial charge < -0.3 is 0 Å². The second-order valence-corrected chi connectivity index (χ2v) is 5.29.